The maximum atomic E-state index is 13.5. The van der Waals surface area contributed by atoms with Crippen molar-refractivity contribution in [2.24, 2.45) is 0 Å². The van der Waals surface area contributed by atoms with Gasteiger partial charge in [0.05, 0.1) is 33.0 Å². The Morgan fingerprint density at radius 1 is 1.00 bits per heavy atom. The van der Waals surface area contributed by atoms with E-state index < -0.39 is 0 Å². The fraction of sp³-hybridized carbons (Fsp3) is 0.458. The molecule has 0 saturated carbocycles. The van der Waals surface area contributed by atoms with Gasteiger partial charge in [0.2, 0.25) is 5.75 Å². The zero-order valence-electron chi connectivity index (χ0n) is 18.3. The third kappa shape index (κ3) is 4.64. The molecule has 0 aromatic heterocycles. The molecule has 6 nitrogen and oxygen atoms in total. The summed E-state index contributed by atoms with van der Waals surface area (Å²) in [5.74, 6) is 2.37. The second-order valence-electron chi connectivity index (χ2n) is 7.03. The molecular formula is C24H31NO5. The molecule has 0 spiro atoms. The Bertz CT molecular complexity index is 839. The normalized spacial score (nSPS) is 15.7. The molecule has 1 heterocycles. The van der Waals surface area contributed by atoms with Gasteiger partial charge < -0.3 is 23.8 Å². The Morgan fingerprint density at radius 3 is 2.27 bits per heavy atom. The van der Waals surface area contributed by atoms with Crippen LogP contribution in [0.2, 0.25) is 0 Å². The van der Waals surface area contributed by atoms with Gasteiger partial charge in [0.25, 0.3) is 5.91 Å². The molecule has 1 unspecified atom stereocenters. The van der Waals surface area contributed by atoms with Crippen molar-refractivity contribution >= 4 is 5.91 Å². The SMILES string of the molecule is CCOc1cc(C(=O)N2CCCC2c2cccc(OC)c2)cc(OCC)c1OCC. The summed E-state index contributed by atoms with van der Waals surface area (Å²) in [5.41, 5.74) is 1.63. The molecule has 0 aliphatic carbocycles. The van der Waals surface area contributed by atoms with Crippen LogP contribution in [0.4, 0.5) is 0 Å². The molecule has 1 aliphatic rings. The van der Waals surface area contributed by atoms with Gasteiger partial charge in [-0.05, 0) is 63.4 Å². The van der Waals surface area contributed by atoms with Crippen LogP contribution >= 0.6 is 0 Å². The summed E-state index contributed by atoms with van der Waals surface area (Å²) in [6, 6.07) is 11.5. The van der Waals surface area contributed by atoms with Gasteiger partial charge in [-0.3, -0.25) is 4.79 Å². The molecule has 0 N–H and O–H groups in total. The zero-order chi connectivity index (χ0) is 21.5. The Labute approximate surface area is 178 Å². The first-order valence-corrected chi connectivity index (χ1v) is 10.6. The maximum Gasteiger partial charge on any atom is 0.254 e. The lowest BCUT2D eigenvalue weighted by atomic mass is 10.0. The van der Waals surface area contributed by atoms with Gasteiger partial charge in [-0.1, -0.05) is 12.1 Å². The molecule has 2 aromatic rings. The molecule has 1 aliphatic heterocycles. The fourth-order valence-corrected chi connectivity index (χ4v) is 3.88. The van der Waals surface area contributed by atoms with Crippen molar-refractivity contribution in [3.8, 4) is 23.0 Å². The van der Waals surface area contributed by atoms with E-state index in [1.807, 2.05) is 49.9 Å². The third-order valence-corrected chi connectivity index (χ3v) is 5.15. The average molecular weight is 414 g/mol. The van der Waals surface area contributed by atoms with E-state index in [-0.39, 0.29) is 11.9 Å². The van der Waals surface area contributed by atoms with Crippen LogP contribution in [0.1, 0.15) is 55.6 Å². The minimum atomic E-state index is -0.0368. The minimum absolute atomic E-state index is 0.0188. The molecule has 1 atom stereocenters. The monoisotopic (exact) mass is 413 g/mol. The number of carbonyl (C=O) groups excluding carboxylic acids is 1. The first kappa shape index (κ1) is 21.8. The van der Waals surface area contributed by atoms with E-state index in [4.69, 9.17) is 18.9 Å². The molecule has 1 fully saturated rings. The van der Waals surface area contributed by atoms with Crippen LogP contribution in [0.15, 0.2) is 36.4 Å². The molecule has 30 heavy (non-hydrogen) atoms. The Morgan fingerprint density at radius 2 is 1.67 bits per heavy atom. The van der Waals surface area contributed by atoms with Crippen molar-refractivity contribution in [1.29, 1.82) is 0 Å². The number of amides is 1. The van der Waals surface area contributed by atoms with Crippen molar-refractivity contribution in [3.63, 3.8) is 0 Å². The van der Waals surface area contributed by atoms with Crippen molar-refractivity contribution in [1.82, 2.24) is 4.90 Å². The standard InChI is InChI=1S/C24H31NO5/c1-5-28-21-15-18(16-22(29-6-2)23(21)30-7-3)24(26)25-13-9-12-20(25)17-10-8-11-19(14-17)27-4/h8,10-11,14-16,20H,5-7,9,12-13H2,1-4H3. The summed E-state index contributed by atoms with van der Waals surface area (Å²) in [4.78, 5) is 15.4. The van der Waals surface area contributed by atoms with Crippen LogP contribution in [0.3, 0.4) is 0 Å². The molecule has 3 rings (SSSR count). The highest BCUT2D eigenvalue weighted by Crippen LogP contribution is 2.41. The molecular weight excluding hydrogens is 382 g/mol. The summed E-state index contributed by atoms with van der Waals surface area (Å²) in [6.07, 6.45) is 1.88. The lowest BCUT2D eigenvalue weighted by Gasteiger charge is -2.26. The van der Waals surface area contributed by atoms with Gasteiger partial charge in [-0.2, -0.15) is 0 Å². The second-order valence-corrected chi connectivity index (χ2v) is 7.03. The third-order valence-electron chi connectivity index (χ3n) is 5.15. The highest BCUT2D eigenvalue weighted by molar-refractivity contribution is 5.96. The number of likely N-dealkylation sites (tertiary alicyclic amines) is 1. The molecule has 2 aromatic carbocycles. The van der Waals surface area contributed by atoms with E-state index in [2.05, 4.69) is 0 Å². The van der Waals surface area contributed by atoms with E-state index in [0.717, 1.165) is 24.2 Å². The molecule has 1 amide bonds. The number of carbonyl (C=O) groups is 1. The number of hydrogen-bond donors (Lipinski definition) is 0. The Balaban J connectivity index is 1.96. The van der Waals surface area contributed by atoms with E-state index in [0.29, 0.717) is 49.2 Å². The highest BCUT2D eigenvalue weighted by Gasteiger charge is 2.32. The second kappa shape index (κ2) is 10.2. The summed E-state index contributed by atoms with van der Waals surface area (Å²) in [7, 11) is 1.65. The van der Waals surface area contributed by atoms with E-state index in [1.165, 1.54) is 0 Å². The minimum Gasteiger partial charge on any atom is -0.497 e. The quantitative estimate of drug-likeness (QED) is 0.587. The lowest BCUT2D eigenvalue weighted by molar-refractivity contribution is 0.0734. The molecule has 0 radical (unpaired) electrons. The number of rotatable bonds is 9. The zero-order valence-corrected chi connectivity index (χ0v) is 18.3. The average Bonchev–Trinajstić information content (AvgIpc) is 3.25. The number of ether oxygens (including phenoxy) is 4. The van der Waals surface area contributed by atoms with Gasteiger partial charge >= 0.3 is 0 Å². The van der Waals surface area contributed by atoms with Gasteiger partial charge in [-0.15, -0.1) is 0 Å². The first-order valence-electron chi connectivity index (χ1n) is 10.6. The summed E-state index contributed by atoms with van der Waals surface area (Å²) in [6.45, 7) is 7.86. The molecule has 1 saturated heterocycles. The predicted octanol–water partition coefficient (Wildman–Crippen LogP) is 4.87. The van der Waals surface area contributed by atoms with Crippen LogP contribution in [0, 0.1) is 0 Å². The topological polar surface area (TPSA) is 57.2 Å². The summed E-state index contributed by atoms with van der Waals surface area (Å²) in [5, 5.41) is 0. The summed E-state index contributed by atoms with van der Waals surface area (Å²) < 4.78 is 22.7. The van der Waals surface area contributed by atoms with Gasteiger partial charge in [-0.25, -0.2) is 0 Å². The molecule has 0 bridgehead atoms. The van der Waals surface area contributed by atoms with E-state index in [1.54, 1.807) is 19.2 Å². The van der Waals surface area contributed by atoms with Crippen molar-refractivity contribution in [2.45, 2.75) is 39.7 Å². The first-order chi connectivity index (χ1) is 14.6. The molecule has 6 heteroatoms. The lowest BCUT2D eigenvalue weighted by Crippen LogP contribution is -2.30. The van der Waals surface area contributed by atoms with Crippen LogP contribution in [-0.4, -0.2) is 44.3 Å². The Hall–Kier alpha value is -2.89. The van der Waals surface area contributed by atoms with Crippen LogP contribution in [0.5, 0.6) is 23.0 Å². The van der Waals surface area contributed by atoms with E-state index >= 15 is 0 Å². The van der Waals surface area contributed by atoms with Crippen LogP contribution < -0.4 is 18.9 Å². The molecule has 162 valence electrons. The van der Waals surface area contributed by atoms with Crippen LogP contribution in [0.25, 0.3) is 0 Å². The largest absolute Gasteiger partial charge is 0.497 e. The number of methoxy groups -OCH3 is 1. The van der Waals surface area contributed by atoms with Gasteiger partial charge in [0.15, 0.2) is 11.5 Å². The number of hydrogen-bond acceptors (Lipinski definition) is 5. The Kier molecular flexibility index (Phi) is 7.44. The van der Waals surface area contributed by atoms with Crippen molar-refractivity contribution in [3.05, 3.63) is 47.5 Å². The van der Waals surface area contributed by atoms with Crippen molar-refractivity contribution in [2.75, 3.05) is 33.5 Å². The smallest absolute Gasteiger partial charge is 0.254 e. The van der Waals surface area contributed by atoms with E-state index in [9.17, 15) is 4.79 Å². The van der Waals surface area contributed by atoms with Crippen LogP contribution in [-0.2, 0) is 0 Å². The highest BCUT2D eigenvalue weighted by atomic mass is 16.5. The number of nitrogens with zero attached hydrogens (tertiary/aromatic N) is 1. The number of benzene rings is 2. The summed E-state index contributed by atoms with van der Waals surface area (Å²) >= 11 is 0. The van der Waals surface area contributed by atoms with Crippen molar-refractivity contribution < 1.29 is 23.7 Å². The predicted molar refractivity (Wildman–Crippen MR) is 116 cm³/mol. The van der Waals surface area contributed by atoms with Gasteiger partial charge in [0.1, 0.15) is 5.75 Å². The maximum absolute atomic E-state index is 13.5. The van der Waals surface area contributed by atoms with Gasteiger partial charge in [0, 0.05) is 12.1 Å². The fourth-order valence-electron chi connectivity index (χ4n) is 3.88.